The van der Waals surface area contributed by atoms with E-state index in [9.17, 15) is 0 Å². The summed E-state index contributed by atoms with van der Waals surface area (Å²) < 4.78 is 10.4. The summed E-state index contributed by atoms with van der Waals surface area (Å²) in [6.07, 6.45) is 5.73. The van der Waals surface area contributed by atoms with E-state index in [-0.39, 0.29) is 0 Å². The number of nitrogens with one attached hydrogen (secondary N) is 1. The van der Waals surface area contributed by atoms with Crippen molar-refractivity contribution >= 4 is 6.08 Å². The first-order valence-electron chi connectivity index (χ1n) is 5.27. The largest absolute Gasteiger partial charge is 0.465 e. The Bertz CT molecular complexity index is 312. The molecule has 1 aliphatic rings. The molecule has 1 aliphatic heterocycles. The molecule has 0 amide bonds. The van der Waals surface area contributed by atoms with E-state index in [2.05, 4.69) is 18.3 Å². The van der Waals surface area contributed by atoms with Gasteiger partial charge in [-0.3, -0.25) is 0 Å². The molecule has 0 spiro atoms. The fourth-order valence-electron chi connectivity index (χ4n) is 1.57. The Morgan fingerprint density at radius 2 is 2.40 bits per heavy atom. The first-order chi connectivity index (χ1) is 7.29. The van der Waals surface area contributed by atoms with Crippen LogP contribution in [0.2, 0.25) is 0 Å². The summed E-state index contributed by atoms with van der Waals surface area (Å²) >= 11 is 0. The van der Waals surface area contributed by atoms with E-state index in [1.165, 1.54) is 0 Å². The van der Waals surface area contributed by atoms with Crippen molar-refractivity contribution in [1.82, 2.24) is 5.32 Å². The van der Waals surface area contributed by atoms with Gasteiger partial charge in [0.2, 0.25) is 0 Å². The molecule has 3 nitrogen and oxygen atoms in total. The third-order valence-corrected chi connectivity index (χ3v) is 2.54. The van der Waals surface area contributed by atoms with Crippen molar-refractivity contribution in [1.29, 1.82) is 0 Å². The van der Waals surface area contributed by atoms with Crippen molar-refractivity contribution in [3.8, 4) is 0 Å². The van der Waals surface area contributed by atoms with Crippen molar-refractivity contribution in [2.24, 2.45) is 5.41 Å². The predicted octanol–water partition coefficient (Wildman–Crippen LogP) is 1.92. The highest BCUT2D eigenvalue weighted by Gasteiger charge is 2.32. The zero-order valence-electron chi connectivity index (χ0n) is 9.03. The first kappa shape index (κ1) is 10.5. The number of hydrogen-bond donors (Lipinski definition) is 1. The lowest BCUT2D eigenvalue weighted by Crippen LogP contribution is -2.47. The van der Waals surface area contributed by atoms with Gasteiger partial charge in [-0.25, -0.2) is 0 Å². The average Bonchev–Trinajstić information content (AvgIpc) is 2.67. The molecule has 82 valence electrons. The van der Waals surface area contributed by atoms with Gasteiger partial charge in [0.05, 0.1) is 19.5 Å². The molecule has 0 radical (unpaired) electrons. The van der Waals surface area contributed by atoms with Gasteiger partial charge in [0.25, 0.3) is 0 Å². The Kier molecular flexibility index (Phi) is 3.23. The van der Waals surface area contributed by atoms with Gasteiger partial charge in [-0.15, -0.1) is 0 Å². The van der Waals surface area contributed by atoms with Crippen molar-refractivity contribution < 1.29 is 9.15 Å². The van der Waals surface area contributed by atoms with E-state index >= 15 is 0 Å². The normalized spacial score (nSPS) is 19.3. The van der Waals surface area contributed by atoms with Gasteiger partial charge in [-0.1, -0.05) is 13.0 Å². The maximum Gasteiger partial charge on any atom is 0.126 e. The third kappa shape index (κ3) is 2.94. The number of rotatable bonds is 5. The maximum atomic E-state index is 5.18. The third-order valence-electron chi connectivity index (χ3n) is 2.54. The number of hydrogen-bond acceptors (Lipinski definition) is 3. The topological polar surface area (TPSA) is 34.4 Å². The zero-order valence-corrected chi connectivity index (χ0v) is 9.03. The molecule has 2 rings (SSSR count). The Labute approximate surface area is 90.1 Å². The van der Waals surface area contributed by atoms with Crippen LogP contribution >= 0.6 is 0 Å². The average molecular weight is 207 g/mol. The van der Waals surface area contributed by atoms with Crippen LogP contribution in [0.25, 0.3) is 6.08 Å². The van der Waals surface area contributed by atoms with Crippen LogP contribution < -0.4 is 5.32 Å². The highest BCUT2D eigenvalue weighted by molar-refractivity contribution is 5.42. The second-order valence-corrected chi connectivity index (χ2v) is 4.35. The van der Waals surface area contributed by atoms with Crippen LogP contribution in [-0.4, -0.2) is 26.3 Å². The first-order valence-corrected chi connectivity index (χ1v) is 5.27. The Morgan fingerprint density at radius 3 is 3.00 bits per heavy atom. The molecule has 3 heteroatoms. The van der Waals surface area contributed by atoms with Crippen LogP contribution in [0.3, 0.4) is 0 Å². The van der Waals surface area contributed by atoms with Crippen LogP contribution in [0, 0.1) is 5.41 Å². The standard InChI is InChI=1S/C12H17NO2/c1-12(9-14-10-12)8-13-6-2-4-11-5-3-7-15-11/h2-5,7,13H,6,8-10H2,1H3/b4-2+. The Balaban J connectivity index is 1.62. The van der Waals surface area contributed by atoms with Crippen molar-refractivity contribution in [2.75, 3.05) is 26.3 Å². The minimum Gasteiger partial charge on any atom is -0.465 e. The number of furan rings is 1. The van der Waals surface area contributed by atoms with Crippen LogP contribution in [0.1, 0.15) is 12.7 Å². The Hall–Kier alpha value is -1.06. The van der Waals surface area contributed by atoms with E-state index in [1.54, 1.807) is 6.26 Å². The summed E-state index contributed by atoms with van der Waals surface area (Å²) in [6, 6.07) is 3.83. The van der Waals surface area contributed by atoms with E-state index in [4.69, 9.17) is 9.15 Å². The van der Waals surface area contributed by atoms with E-state index in [1.807, 2.05) is 18.2 Å². The zero-order chi connectivity index (χ0) is 10.6. The monoisotopic (exact) mass is 207 g/mol. The molecule has 0 saturated carbocycles. The van der Waals surface area contributed by atoms with Crippen molar-refractivity contribution in [3.05, 3.63) is 30.2 Å². The summed E-state index contributed by atoms with van der Waals surface area (Å²) in [6.45, 7) is 5.87. The molecule has 0 aromatic carbocycles. The highest BCUT2D eigenvalue weighted by atomic mass is 16.5. The van der Waals surface area contributed by atoms with Crippen LogP contribution in [0.5, 0.6) is 0 Å². The van der Waals surface area contributed by atoms with Crippen molar-refractivity contribution in [2.45, 2.75) is 6.92 Å². The van der Waals surface area contributed by atoms with Gasteiger partial charge in [0, 0.05) is 18.5 Å². The molecular formula is C12H17NO2. The van der Waals surface area contributed by atoms with Gasteiger partial charge in [-0.05, 0) is 18.2 Å². The van der Waals surface area contributed by atoms with Gasteiger partial charge >= 0.3 is 0 Å². The lowest BCUT2D eigenvalue weighted by atomic mass is 9.89. The summed E-state index contributed by atoms with van der Waals surface area (Å²) in [4.78, 5) is 0. The number of ether oxygens (including phenoxy) is 1. The molecule has 1 saturated heterocycles. The molecule has 1 aromatic rings. The molecule has 0 aliphatic carbocycles. The van der Waals surface area contributed by atoms with Crippen LogP contribution in [-0.2, 0) is 4.74 Å². The molecule has 1 fully saturated rings. The van der Waals surface area contributed by atoms with Gasteiger partial charge in [0.15, 0.2) is 0 Å². The fraction of sp³-hybridized carbons (Fsp3) is 0.500. The van der Waals surface area contributed by atoms with E-state index in [0.29, 0.717) is 5.41 Å². The summed E-state index contributed by atoms with van der Waals surface area (Å²) in [5, 5.41) is 3.38. The smallest absolute Gasteiger partial charge is 0.126 e. The predicted molar refractivity (Wildman–Crippen MR) is 59.5 cm³/mol. The SMILES string of the molecule is CC1(CNC/C=C/c2ccco2)COC1. The molecular weight excluding hydrogens is 190 g/mol. The van der Waals surface area contributed by atoms with Gasteiger partial charge < -0.3 is 14.5 Å². The maximum absolute atomic E-state index is 5.18. The highest BCUT2D eigenvalue weighted by Crippen LogP contribution is 2.24. The Morgan fingerprint density at radius 1 is 1.53 bits per heavy atom. The lowest BCUT2D eigenvalue weighted by Gasteiger charge is -2.38. The van der Waals surface area contributed by atoms with Gasteiger partial charge in [-0.2, -0.15) is 0 Å². The molecule has 1 aromatic heterocycles. The summed E-state index contributed by atoms with van der Waals surface area (Å²) in [7, 11) is 0. The minimum absolute atomic E-state index is 0.346. The fourth-order valence-corrected chi connectivity index (χ4v) is 1.57. The quantitative estimate of drug-likeness (QED) is 0.749. The second-order valence-electron chi connectivity index (χ2n) is 4.35. The van der Waals surface area contributed by atoms with Crippen LogP contribution in [0.15, 0.2) is 28.9 Å². The second kappa shape index (κ2) is 4.64. The molecule has 0 atom stereocenters. The molecule has 1 N–H and O–H groups in total. The van der Waals surface area contributed by atoms with E-state index in [0.717, 1.165) is 32.1 Å². The van der Waals surface area contributed by atoms with Gasteiger partial charge in [0.1, 0.15) is 5.76 Å². The molecule has 0 bridgehead atoms. The van der Waals surface area contributed by atoms with Crippen molar-refractivity contribution in [3.63, 3.8) is 0 Å². The minimum atomic E-state index is 0.346. The molecule has 0 unspecified atom stereocenters. The van der Waals surface area contributed by atoms with E-state index < -0.39 is 0 Å². The summed E-state index contributed by atoms with van der Waals surface area (Å²) in [5.74, 6) is 0.898. The molecule has 2 heterocycles. The molecule has 15 heavy (non-hydrogen) atoms. The lowest BCUT2D eigenvalue weighted by molar-refractivity contribution is -0.0986. The summed E-state index contributed by atoms with van der Waals surface area (Å²) in [5.41, 5.74) is 0.346. The van der Waals surface area contributed by atoms with Crippen LogP contribution in [0.4, 0.5) is 0 Å².